The van der Waals surface area contributed by atoms with E-state index in [9.17, 15) is 8.42 Å². The van der Waals surface area contributed by atoms with Gasteiger partial charge >= 0.3 is 0 Å². The number of sulfonamides is 1. The average molecular weight is 344 g/mol. The number of nitrogens with zero attached hydrogens (tertiary/aromatic N) is 1. The molecule has 0 fully saturated rings. The first-order valence-corrected chi connectivity index (χ1v) is 9.67. The molecule has 0 radical (unpaired) electrons. The zero-order valence-corrected chi connectivity index (χ0v) is 15.4. The van der Waals surface area contributed by atoms with Gasteiger partial charge in [-0.2, -0.15) is 4.31 Å². The summed E-state index contributed by atoms with van der Waals surface area (Å²) >= 11 is 0. The van der Waals surface area contributed by atoms with E-state index in [1.54, 1.807) is 10.4 Å². The van der Waals surface area contributed by atoms with E-state index in [0.717, 1.165) is 16.7 Å². The monoisotopic (exact) mass is 344 g/mol. The largest absolute Gasteiger partial charge is 0.367 e. The Kier molecular flexibility index (Phi) is 4.40. The summed E-state index contributed by atoms with van der Waals surface area (Å²) in [7, 11) is -3.53. The Balaban J connectivity index is 2.07. The molecule has 0 spiro atoms. The number of hydrogen-bond donors (Lipinski definition) is 1. The molecule has 2 aromatic carbocycles. The molecule has 128 valence electrons. The summed E-state index contributed by atoms with van der Waals surface area (Å²) in [6, 6.07) is 13.5. The Labute approximate surface area is 144 Å². The maximum atomic E-state index is 13.2. The SMILES string of the molecule is Cc1cccc(CN2C(C(C)C)Nc3cc(C)ccc3S2(=O)=O)c1. The minimum Gasteiger partial charge on any atom is -0.367 e. The molecule has 1 unspecified atom stereocenters. The van der Waals surface area contributed by atoms with Crippen molar-refractivity contribution in [3.05, 3.63) is 59.2 Å². The number of anilines is 1. The number of rotatable bonds is 3. The highest BCUT2D eigenvalue weighted by atomic mass is 32.2. The van der Waals surface area contributed by atoms with Gasteiger partial charge in [-0.15, -0.1) is 0 Å². The van der Waals surface area contributed by atoms with Crippen LogP contribution >= 0.6 is 0 Å². The van der Waals surface area contributed by atoms with Crippen LogP contribution < -0.4 is 5.32 Å². The van der Waals surface area contributed by atoms with Crippen molar-refractivity contribution in [1.82, 2.24) is 4.31 Å². The van der Waals surface area contributed by atoms with Crippen LogP contribution in [-0.4, -0.2) is 18.9 Å². The van der Waals surface area contributed by atoms with Gasteiger partial charge in [-0.25, -0.2) is 8.42 Å². The van der Waals surface area contributed by atoms with Gasteiger partial charge in [-0.05, 0) is 43.0 Å². The molecule has 4 nitrogen and oxygen atoms in total. The number of aryl methyl sites for hydroxylation is 2. The molecule has 5 heteroatoms. The molecule has 0 amide bonds. The first-order chi connectivity index (χ1) is 11.3. The minimum absolute atomic E-state index is 0.151. The van der Waals surface area contributed by atoms with Crippen LogP contribution in [0.4, 0.5) is 5.69 Å². The van der Waals surface area contributed by atoms with Crippen molar-refractivity contribution in [1.29, 1.82) is 0 Å². The summed E-state index contributed by atoms with van der Waals surface area (Å²) in [5.41, 5.74) is 3.88. The first kappa shape index (κ1) is 17.0. The Hall–Kier alpha value is -1.85. The van der Waals surface area contributed by atoms with E-state index in [1.165, 1.54) is 0 Å². The number of benzene rings is 2. The van der Waals surface area contributed by atoms with Crippen molar-refractivity contribution in [3.63, 3.8) is 0 Å². The van der Waals surface area contributed by atoms with Gasteiger partial charge in [0.15, 0.2) is 0 Å². The summed E-state index contributed by atoms with van der Waals surface area (Å²) in [6.07, 6.45) is -0.259. The molecule has 1 aliphatic heterocycles. The summed E-state index contributed by atoms with van der Waals surface area (Å²) < 4.78 is 28.0. The molecule has 3 rings (SSSR count). The van der Waals surface area contributed by atoms with Crippen LogP contribution in [0, 0.1) is 19.8 Å². The fourth-order valence-corrected chi connectivity index (χ4v) is 4.96. The lowest BCUT2D eigenvalue weighted by atomic mass is 10.1. The molecular formula is C19H24N2O2S. The predicted octanol–water partition coefficient (Wildman–Crippen LogP) is 3.90. The average Bonchev–Trinajstić information content (AvgIpc) is 2.49. The van der Waals surface area contributed by atoms with Gasteiger partial charge in [-0.1, -0.05) is 49.7 Å². The Morgan fingerprint density at radius 3 is 2.46 bits per heavy atom. The van der Waals surface area contributed by atoms with Crippen molar-refractivity contribution in [3.8, 4) is 0 Å². The van der Waals surface area contributed by atoms with Gasteiger partial charge in [-0.3, -0.25) is 0 Å². The van der Waals surface area contributed by atoms with Crippen LogP contribution in [0.25, 0.3) is 0 Å². The van der Waals surface area contributed by atoms with Crippen molar-refractivity contribution in [2.24, 2.45) is 5.92 Å². The number of nitrogens with one attached hydrogen (secondary N) is 1. The lowest BCUT2D eigenvalue weighted by Crippen LogP contribution is -2.50. The molecule has 1 N–H and O–H groups in total. The lowest BCUT2D eigenvalue weighted by Gasteiger charge is -2.39. The normalized spacial score (nSPS) is 19.8. The van der Waals surface area contributed by atoms with Crippen LogP contribution in [0.15, 0.2) is 47.4 Å². The maximum Gasteiger partial charge on any atom is 0.247 e. The summed E-state index contributed by atoms with van der Waals surface area (Å²) in [4.78, 5) is 0.359. The zero-order chi connectivity index (χ0) is 17.5. The molecule has 2 aromatic rings. The third-order valence-corrected chi connectivity index (χ3v) is 6.27. The minimum atomic E-state index is -3.53. The third-order valence-electron chi connectivity index (χ3n) is 4.39. The second-order valence-corrected chi connectivity index (χ2v) is 8.73. The van der Waals surface area contributed by atoms with Crippen molar-refractivity contribution in [2.75, 3.05) is 5.32 Å². The van der Waals surface area contributed by atoms with Gasteiger partial charge in [0.05, 0.1) is 11.9 Å². The van der Waals surface area contributed by atoms with E-state index in [0.29, 0.717) is 17.1 Å². The standard InChI is InChI=1S/C19H24N2O2S/c1-13(2)19-20-17-11-15(4)8-9-18(17)24(22,23)21(19)12-16-7-5-6-14(3)10-16/h5-11,13,19-20H,12H2,1-4H3. The van der Waals surface area contributed by atoms with Crippen LogP contribution in [0.5, 0.6) is 0 Å². The summed E-state index contributed by atoms with van der Waals surface area (Å²) in [6.45, 7) is 8.43. The highest BCUT2D eigenvalue weighted by Crippen LogP contribution is 2.35. The zero-order valence-electron chi connectivity index (χ0n) is 14.6. The van der Waals surface area contributed by atoms with E-state index >= 15 is 0 Å². The quantitative estimate of drug-likeness (QED) is 0.918. The number of fused-ring (bicyclic) bond motifs is 1. The molecule has 1 atom stereocenters. The van der Waals surface area contributed by atoms with E-state index in [-0.39, 0.29) is 12.1 Å². The lowest BCUT2D eigenvalue weighted by molar-refractivity contribution is 0.272. The molecule has 0 aromatic heterocycles. The molecule has 1 aliphatic rings. The van der Waals surface area contributed by atoms with E-state index in [4.69, 9.17) is 0 Å². The summed E-state index contributed by atoms with van der Waals surface area (Å²) in [5, 5.41) is 3.42. The molecule has 24 heavy (non-hydrogen) atoms. The van der Waals surface area contributed by atoms with Crippen LogP contribution in [0.3, 0.4) is 0 Å². The van der Waals surface area contributed by atoms with Gasteiger partial charge in [0.1, 0.15) is 4.90 Å². The van der Waals surface area contributed by atoms with E-state index in [2.05, 4.69) is 5.32 Å². The first-order valence-electron chi connectivity index (χ1n) is 8.23. The van der Waals surface area contributed by atoms with Crippen molar-refractivity contribution >= 4 is 15.7 Å². The molecule has 0 aliphatic carbocycles. The predicted molar refractivity (Wildman–Crippen MR) is 97.3 cm³/mol. The summed E-state index contributed by atoms with van der Waals surface area (Å²) in [5.74, 6) is 0.151. The molecule has 0 saturated heterocycles. The smallest absolute Gasteiger partial charge is 0.247 e. The fourth-order valence-electron chi connectivity index (χ4n) is 3.16. The molecule has 1 heterocycles. The van der Waals surface area contributed by atoms with E-state index < -0.39 is 10.0 Å². The maximum absolute atomic E-state index is 13.2. The van der Waals surface area contributed by atoms with Crippen LogP contribution in [-0.2, 0) is 16.6 Å². The molecule has 0 saturated carbocycles. The number of hydrogen-bond acceptors (Lipinski definition) is 3. The van der Waals surface area contributed by atoms with Crippen LogP contribution in [0.2, 0.25) is 0 Å². The second-order valence-electron chi connectivity index (χ2n) is 6.87. The van der Waals surface area contributed by atoms with Gasteiger partial charge < -0.3 is 5.32 Å². The Morgan fingerprint density at radius 2 is 1.79 bits per heavy atom. The van der Waals surface area contributed by atoms with Gasteiger partial charge in [0.2, 0.25) is 10.0 Å². The fraction of sp³-hybridized carbons (Fsp3) is 0.368. The highest BCUT2D eigenvalue weighted by molar-refractivity contribution is 7.89. The van der Waals surface area contributed by atoms with E-state index in [1.807, 2.05) is 64.1 Å². The second kappa shape index (κ2) is 6.22. The van der Waals surface area contributed by atoms with Gasteiger partial charge in [0, 0.05) is 6.54 Å². The van der Waals surface area contributed by atoms with Crippen molar-refractivity contribution in [2.45, 2.75) is 45.3 Å². The Bertz CT molecular complexity index is 859. The third kappa shape index (κ3) is 3.06. The van der Waals surface area contributed by atoms with Crippen molar-refractivity contribution < 1.29 is 8.42 Å². The Morgan fingerprint density at radius 1 is 1.08 bits per heavy atom. The molecule has 0 bridgehead atoms. The molecular weight excluding hydrogens is 320 g/mol. The van der Waals surface area contributed by atoms with Crippen LogP contribution in [0.1, 0.15) is 30.5 Å². The topological polar surface area (TPSA) is 49.4 Å². The highest BCUT2D eigenvalue weighted by Gasteiger charge is 2.39. The van der Waals surface area contributed by atoms with Gasteiger partial charge in [0.25, 0.3) is 0 Å².